The molecule has 0 saturated carbocycles. The predicted octanol–water partition coefficient (Wildman–Crippen LogP) is 1.54. The van der Waals surface area contributed by atoms with Crippen LogP contribution in [-0.4, -0.2) is 65.2 Å². The molecule has 6 nitrogen and oxygen atoms in total. The number of fused-ring (bicyclic) bond motifs is 1. The molecule has 2 atom stereocenters. The van der Waals surface area contributed by atoms with Crippen molar-refractivity contribution in [2.45, 2.75) is 36.4 Å². The molecule has 4 rings (SSSR count). The van der Waals surface area contributed by atoms with Gasteiger partial charge in [0.1, 0.15) is 5.82 Å². The Morgan fingerprint density at radius 3 is 2.46 bits per heavy atom. The van der Waals surface area contributed by atoms with Gasteiger partial charge in [-0.15, -0.1) is 0 Å². The molecule has 0 radical (unpaired) electrons. The van der Waals surface area contributed by atoms with Crippen LogP contribution >= 0.6 is 0 Å². The number of aryl methyl sites for hydroxylation is 1. The highest BCUT2D eigenvalue weighted by molar-refractivity contribution is 7.91. The number of sulfone groups is 1. The quantitative estimate of drug-likeness (QED) is 0.768. The van der Waals surface area contributed by atoms with E-state index in [1.165, 1.54) is 0 Å². The van der Waals surface area contributed by atoms with Gasteiger partial charge < -0.3 is 4.57 Å². The van der Waals surface area contributed by atoms with Gasteiger partial charge in [-0.05, 0) is 25.0 Å². The Balaban J connectivity index is 1.37. The summed E-state index contributed by atoms with van der Waals surface area (Å²) in [6.45, 7) is 3.54. The molecule has 0 N–H and O–H groups in total. The molecular formula is C19H26N4O2S. The van der Waals surface area contributed by atoms with Crippen molar-refractivity contribution in [1.82, 2.24) is 19.4 Å². The fourth-order valence-electron chi connectivity index (χ4n) is 4.35. The summed E-state index contributed by atoms with van der Waals surface area (Å²) in [5.41, 5.74) is 0. The Kier molecular flexibility index (Phi) is 4.86. The fraction of sp³-hybridized carbons (Fsp3) is 0.526. The van der Waals surface area contributed by atoms with Crippen LogP contribution in [0.1, 0.15) is 18.7 Å². The molecule has 0 amide bonds. The van der Waals surface area contributed by atoms with E-state index in [0.29, 0.717) is 23.5 Å². The standard InChI is InChI=1S/C19H26N4O2S/c1-21-12-9-20-19(21)15-23-11-8-17-18(23)7-10-22(17)13-14-26(24,25)16-5-3-2-4-6-16/h2-6,9,12,17-18H,7-8,10-11,13-15H2,1H3/t17-,18-/m0/s1. The van der Waals surface area contributed by atoms with E-state index in [2.05, 4.69) is 19.4 Å². The number of likely N-dealkylation sites (tertiary alicyclic amines) is 2. The summed E-state index contributed by atoms with van der Waals surface area (Å²) in [7, 11) is -1.17. The van der Waals surface area contributed by atoms with E-state index in [1.54, 1.807) is 24.3 Å². The van der Waals surface area contributed by atoms with E-state index in [-0.39, 0.29) is 5.75 Å². The Morgan fingerprint density at radius 1 is 1.08 bits per heavy atom. The Bertz CT molecular complexity index is 849. The molecule has 26 heavy (non-hydrogen) atoms. The summed E-state index contributed by atoms with van der Waals surface area (Å²) in [5, 5.41) is 0. The number of hydrogen-bond acceptors (Lipinski definition) is 5. The highest BCUT2D eigenvalue weighted by atomic mass is 32.2. The van der Waals surface area contributed by atoms with Gasteiger partial charge in [-0.3, -0.25) is 9.80 Å². The molecule has 3 heterocycles. The highest BCUT2D eigenvalue weighted by Gasteiger charge is 2.42. The lowest BCUT2D eigenvalue weighted by Gasteiger charge is -2.25. The average molecular weight is 375 g/mol. The second-order valence-corrected chi connectivity index (χ2v) is 9.41. The fourth-order valence-corrected chi connectivity index (χ4v) is 5.63. The Hall–Kier alpha value is -1.70. The van der Waals surface area contributed by atoms with Crippen LogP contribution in [0.25, 0.3) is 0 Å². The molecule has 2 aliphatic rings. The maximum atomic E-state index is 12.5. The second kappa shape index (κ2) is 7.13. The van der Waals surface area contributed by atoms with E-state index >= 15 is 0 Å². The maximum absolute atomic E-state index is 12.5. The third kappa shape index (κ3) is 3.43. The van der Waals surface area contributed by atoms with Crippen molar-refractivity contribution in [3.05, 3.63) is 48.5 Å². The lowest BCUT2D eigenvalue weighted by Crippen LogP contribution is -2.38. The first-order valence-electron chi connectivity index (χ1n) is 9.27. The van der Waals surface area contributed by atoms with Gasteiger partial charge in [0.05, 0.1) is 17.2 Å². The SMILES string of the molecule is Cn1ccnc1CN1CC[C@H]2[C@@H]1CCN2CCS(=O)(=O)c1ccccc1. The van der Waals surface area contributed by atoms with Crippen LogP contribution < -0.4 is 0 Å². The van der Waals surface area contributed by atoms with Crippen LogP contribution in [-0.2, 0) is 23.4 Å². The van der Waals surface area contributed by atoms with Crippen molar-refractivity contribution >= 4 is 9.84 Å². The van der Waals surface area contributed by atoms with Crippen LogP contribution in [0.15, 0.2) is 47.6 Å². The van der Waals surface area contributed by atoms with Gasteiger partial charge in [0.2, 0.25) is 0 Å². The predicted molar refractivity (Wildman–Crippen MR) is 100 cm³/mol. The van der Waals surface area contributed by atoms with Crippen LogP contribution in [0.2, 0.25) is 0 Å². The molecule has 1 aromatic heterocycles. The number of aromatic nitrogens is 2. The van der Waals surface area contributed by atoms with Crippen LogP contribution in [0.5, 0.6) is 0 Å². The normalized spacial score (nSPS) is 24.2. The van der Waals surface area contributed by atoms with Gasteiger partial charge >= 0.3 is 0 Å². The van der Waals surface area contributed by atoms with Gasteiger partial charge in [0.15, 0.2) is 9.84 Å². The largest absolute Gasteiger partial charge is 0.337 e. The maximum Gasteiger partial charge on any atom is 0.179 e. The minimum atomic E-state index is -3.21. The first kappa shape index (κ1) is 17.7. The van der Waals surface area contributed by atoms with Crippen molar-refractivity contribution in [1.29, 1.82) is 0 Å². The molecule has 140 valence electrons. The van der Waals surface area contributed by atoms with Gasteiger partial charge in [-0.2, -0.15) is 0 Å². The molecular weight excluding hydrogens is 348 g/mol. The van der Waals surface area contributed by atoms with Crippen LogP contribution in [0.3, 0.4) is 0 Å². The lowest BCUT2D eigenvalue weighted by molar-refractivity contribution is 0.217. The van der Waals surface area contributed by atoms with Crippen LogP contribution in [0, 0.1) is 0 Å². The molecule has 0 spiro atoms. The average Bonchev–Trinajstić information content (AvgIpc) is 3.33. The number of rotatable bonds is 6. The second-order valence-electron chi connectivity index (χ2n) is 7.30. The molecule has 2 saturated heterocycles. The summed E-state index contributed by atoms with van der Waals surface area (Å²) >= 11 is 0. The number of hydrogen-bond donors (Lipinski definition) is 0. The van der Waals surface area contributed by atoms with Gasteiger partial charge in [0.25, 0.3) is 0 Å². The van der Waals surface area contributed by atoms with Gasteiger partial charge in [0, 0.05) is 51.2 Å². The Morgan fingerprint density at radius 2 is 1.77 bits per heavy atom. The molecule has 0 aliphatic carbocycles. The van der Waals surface area contributed by atoms with E-state index in [4.69, 9.17) is 0 Å². The van der Waals surface area contributed by atoms with E-state index < -0.39 is 9.84 Å². The van der Waals surface area contributed by atoms with Crippen molar-refractivity contribution < 1.29 is 8.42 Å². The van der Waals surface area contributed by atoms with Gasteiger partial charge in [-0.1, -0.05) is 18.2 Å². The number of benzene rings is 1. The first-order valence-corrected chi connectivity index (χ1v) is 10.9. The van der Waals surface area contributed by atoms with Crippen molar-refractivity contribution in [3.63, 3.8) is 0 Å². The number of nitrogens with zero attached hydrogens (tertiary/aromatic N) is 4. The first-order chi connectivity index (χ1) is 12.5. The van der Waals surface area contributed by atoms with Crippen molar-refractivity contribution in [2.24, 2.45) is 7.05 Å². The highest BCUT2D eigenvalue weighted by Crippen LogP contribution is 2.32. The molecule has 2 aromatic rings. The monoisotopic (exact) mass is 374 g/mol. The van der Waals surface area contributed by atoms with E-state index in [1.807, 2.05) is 25.5 Å². The summed E-state index contributed by atoms with van der Waals surface area (Å²) in [5.74, 6) is 1.29. The van der Waals surface area contributed by atoms with Gasteiger partial charge in [-0.25, -0.2) is 13.4 Å². The number of imidazole rings is 1. The van der Waals surface area contributed by atoms with E-state index in [0.717, 1.165) is 38.3 Å². The molecule has 0 bridgehead atoms. The summed E-state index contributed by atoms with van der Waals surface area (Å²) in [4.78, 5) is 9.76. The molecule has 0 unspecified atom stereocenters. The molecule has 7 heteroatoms. The minimum Gasteiger partial charge on any atom is -0.337 e. The third-order valence-corrected chi connectivity index (χ3v) is 7.53. The minimum absolute atomic E-state index is 0.194. The summed E-state index contributed by atoms with van der Waals surface area (Å²) < 4.78 is 27.2. The third-order valence-electron chi connectivity index (χ3n) is 5.82. The zero-order chi connectivity index (χ0) is 18.1. The summed E-state index contributed by atoms with van der Waals surface area (Å²) in [6.07, 6.45) is 6.05. The zero-order valence-electron chi connectivity index (χ0n) is 15.2. The molecule has 1 aromatic carbocycles. The van der Waals surface area contributed by atoms with Crippen molar-refractivity contribution in [2.75, 3.05) is 25.4 Å². The lowest BCUT2D eigenvalue weighted by atomic mass is 10.1. The Labute approximate surface area is 155 Å². The van der Waals surface area contributed by atoms with Crippen molar-refractivity contribution in [3.8, 4) is 0 Å². The smallest absolute Gasteiger partial charge is 0.179 e. The zero-order valence-corrected chi connectivity index (χ0v) is 16.0. The molecule has 2 fully saturated rings. The van der Waals surface area contributed by atoms with Crippen LogP contribution in [0.4, 0.5) is 0 Å². The van der Waals surface area contributed by atoms with E-state index in [9.17, 15) is 8.42 Å². The summed E-state index contributed by atoms with van der Waals surface area (Å²) in [6, 6.07) is 9.78. The topological polar surface area (TPSA) is 58.4 Å². The molecule has 2 aliphatic heterocycles.